The van der Waals surface area contributed by atoms with Crippen LogP contribution in [0, 0.1) is 0 Å². The Bertz CT molecular complexity index is 511. The smallest absolute Gasteiger partial charge is 0.246 e. The standard InChI is InChI=1S/C10H14Br2N2O3S/c1-2-14(3-4-15)18(16,17)10-8(12)5-7(11)6-9(10)13/h5-6,15H,2-4,13H2,1H3. The zero-order valence-electron chi connectivity index (χ0n) is 9.73. The van der Waals surface area contributed by atoms with E-state index in [-0.39, 0.29) is 30.3 Å². The zero-order chi connectivity index (χ0) is 13.9. The van der Waals surface area contributed by atoms with Gasteiger partial charge in [0.25, 0.3) is 0 Å². The Morgan fingerprint density at radius 3 is 2.44 bits per heavy atom. The van der Waals surface area contributed by atoms with Crippen molar-refractivity contribution in [2.45, 2.75) is 11.8 Å². The van der Waals surface area contributed by atoms with Crippen LogP contribution in [-0.4, -0.2) is 37.5 Å². The van der Waals surface area contributed by atoms with Gasteiger partial charge in [-0.25, -0.2) is 8.42 Å². The number of sulfonamides is 1. The van der Waals surface area contributed by atoms with Crippen LogP contribution in [0.4, 0.5) is 5.69 Å². The third-order valence-electron chi connectivity index (χ3n) is 2.34. The molecule has 0 amide bonds. The first-order valence-electron chi connectivity index (χ1n) is 5.20. The van der Waals surface area contributed by atoms with Crippen molar-refractivity contribution in [2.75, 3.05) is 25.4 Å². The lowest BCUT2D eigenvalue weighted by Gasteiger charge is -2.21. The molecular weight excluding hydrogens is 388 g/mol. The molecular formula is C10H14Br2N2O3S. The third-order valence-corrected chi connectivity index (χ3v) is 5.77. The molecule has 3 N–H and O–H groups in total. The Hall–Kier alpha value is -0.150. The lowest BCUT2D eigenvalue weighted by Crippen LogP contribution is -2.34. The summed E-state index contributed by atoms with van der Waals surface area (Å²) in [5.74, 6) is 0. The lowest BCUT2D eigenvalue weighted by atomic mass is 10.3. The number of aliphatic hydroxyl groups is 1. The van der Waals surface area contributed by atoms with Crippen molar-refractivity contribution in [3.05, 3.63) is 21.1 Å². The molecule has 5 nitrogen and oxygen atoms in total. The number of nitrogens with two attached hydrogens (primary N) is 1. The quantitative estimate of drug-likeness (QED) is 0.736. The van der Waals surface area contributed by atoms with Crippen LogP contribution in [0.25, 0.3) is 0 Å². The molecule has 18 heavy (non-hydrogen) atoms. The van der Waals surface area contributed by atoms with Gasteiger partial charge in [-0.15, -0.1) is 0 Å². The Labute approximate surface area is 123 Å². The molecule has 0 unspecified atom stereocenters. The van der Waals surface area contributed by atoms with E-state index in [1.165, 1.54) is 10.4 Å². The molecule has 0 saturated carbocycles. The number of nitrogens with zero attached hydrogens (tertiary/aromatic N) is 1. The first kappa shape index (κ1) is 15.9. The second kappa shape index (κ2) is 6.33. The van der Waals surface area contributed by atoms with Gasteiger partial charge in [0.05, 0.1) is 12.3 Å². The Kier molecular flexibility index (Phi) is 5.60. The van der Waals surface area contributed by atoms with E-state index in [1.54, 1.807) is 13.0 Å². The Balaban J connectivity index is 3.36. The molecule has 102 valence electrons. The number of nitrogen functional groups attached to an aromatic ring is 1. The number of hydrogen-bond donors (Lipinski definition) is 2. The summed E-state index contributed by atoms with van der Waals surface area (Å²) in [6, 6.07) is 3.15. The fraction of sp³-hybridized carbons (Fsp3) is 0.400. The largest absolute Gasteiger partial charge is 0.398 e. The van der Waals surface area contributed by atoms with E-state index in [9.17, 15) is 8.42 Å². The van der Waals surface area contributed by atoms with Crippen molar-refractivity contribution in [1.29, 1.82) is 0 Å². The summed E-state index contributed by atoms with van der Waals surface area (Å²) in [4.78, 5) is 0.0287. The molecule has 0 saturated heterocycles. The van der Waals surface area contributed by atoms with Gasteiger partial charge in [-0.2, -0.15) is 4.31 Å². The maximum atomic E-state index is 12.4. The molecule has 0 heterocycles. The number of benzene rings is 1. The van der Waals surface area contributed by atoms with Crippen LogP contribution in [0.15, 0.2) is 26.0 Å². The van der Waals surface area contributed by atoms with E-state index in [0.29, 0.717) is 8.95 Å². The van der Waals surface area contributed by atoms with E-state index in [2.05, 4.69) is 31.9 Å². The number of likely N-dealkylation sites (N-methyl/N-ethyl adjacent to an activating group) is 1. The average Bonchev–Trinajstić information content (AvgIpc) is 2.23. The summed E-state index contributed by atoms with van der Waals surface area (Å²) in [6.07, 6.45) is 0. The highest BCUT2D eigenvalue weighted by Gasteiger charge is 2.27. The zero-order valence-corrected chi connectivity index (χ0v) is 13.7. The summed E-state index contributed by atoms with van der Waals surface area (Å²) in [5.41, 5.74) is 5.93. The molecule has 0 bridgehead atoms. The first-order chi connectivity index (χ1) is 8.34. The predicted molar refractivity (Wildman–Crippen MR) is 77.8 cm³/mol. The van der Waals surface area contributed by atoms with E-state index >= 15 is 0 Å². The number of anilines is 1. The number of aliphatic hydroxyl groups excluding tert-OH is 1. The van der Waals surface area contributed by atoms with Crippen molar-refractivity contribution >= 4 is 47.6 Å². The molecule has 0 atom stereocenters. The number of rotatable bonds is 5. The topological polar surface area (TPSA) is 83.6 Å². The molecule has 1 aromatic rings. The van der Waals surface area contributed by atoms with E-state index in [4.69, 9.17) is 10.8 Å². The minimum Gasteiger partial charge on any atom is -0.398 e. The molecule has 0 fully saturated rings. The molecule has 0 spiro atoms. The van der Waals surface area contributed by atoms with Crippen molar-refractivity contribution < 1.29 is 13.5 Å². The van der Waals surface area contributed by atoms with E-state index < -0.39 is 10.0 Å². The van der Waals surface area contributed by atoms with Crippen LogP contribution in [-0.2, 0) is 10.0 Å². The molecule has 1 rings (SSSR count). The average molecular weight is 402 g/mol. The molecule has 0 aliphatic rings. The molecule has 0 radical (unpaired) electrons. The van der Waals surface area contributed by atoms with Crippen molar-refractivity contribution in [3.8, 4) is 0 Å². The van der Waals surface area contributed by atoms with Crippen LogP contribution in [0.2, 0.25) is 0 Å². The monoisotopic (exact) mass is 400 g/mol. The van der Waals surface area contributed by atoms with Crippen molar-refractivity contribution in [2.24, 2.45) is 0 Å². The second-order valence-electron chi connectivity index (χ2n) is 3.53. The normalized spacial score (nSPS) is 12.1. The number of hydrogen-bond acceptors (Lipinski definition) is 4. The van der Waals surface area contributed by atoms with Gasteiger partial charge in [-0.3, -0.25) is 0 Å². The highest BCUT2D eigenvalue weighted by molar-refractivity contribution is 9.11. The highest BCUT2D eigenvalue weighted by atomic mass is 79.9. The molecule has 0 aliphatic carbocycles. The maximum Gasteiger partial charge on any atom is 0.246 e. The van der Waals surface area contributed by atoms with Crippen LogP contribution < -0.4 is 5.73 Å². The fourth-order valence-electron chi connectivity index (χ4n) is 1.54. The Morgan fingerprint density at radius 2 is 2.00 bits per heavy atom. The fourth-order valence-corrected chi connectivity index (χ4v) is 5.00. The van der Waals surface area contributed by atoms with Crippen LogP contribution in [0.1, 0.15) is 6.92 Å². The third kappa shape index (κ3) is 3.24. The van der Waals surface area contributed by atoms with Crippen LogP contribution in [0.5, 0.6) is 0 Å². The van der Waals surface area contributed by atoms with E-state index in [1.807, 2.05) is 0 Å². The second-order valence-corrected chi connectivity index (χ2v) is 7.17. The van der Waals surface area contributed by atoms with Gasteiger partial charge in [0.1, 0.15) is 4.90 Å². The highest BCUT2D eigenvalue weighted by Crippen LogP contribution is 2.33. The number of halogens is 2. The van der Waals surface area contributed by atoms with Gasteiger partial charge in [-0.05, 0) is 28.1 Å². The molecule has 0 aliphatic heterocycles. The Morgan fingerprint density at radius 1 is 1.39 bits per heavy atom. The summed E-state index contributed by atoms with van der Waals surface area (Å²) < 4.78 is 27.1. The minimum absolute atomic E-state index is 0.0287. The summed E-state index contributed by atoms with van der Waals surface area (Å²) >= 11 is 6.44. The van der Waals surface area contributed by atoms with Crippen LogP contribution >= 0.6 is 31.9 Å². The summed E-state index contributed by atoms with van der Waals surface area (Å²) in [7, 11) is -3.71. The van der Waals surface area contributed by atoms with Gasteiger partial charge in [-0.1, -0.05) is 22.9 Å². The predicted octanol–water partition coefficient (Wildman–Crippen LogP) is 1.80. The lowest BCUT2D eigenvalue weighted by molar-refractivity contribution is 0.257. The van der Waals surface area contributed by atoms with Crippen LogP contribution in [0.3, 0.4) is 0 Å². The van der Waals surface area contributed by atoms with Gasteiger partial charge >= 0.3 is 0 Å². The SMILES string of the molecule is CCN(CCO)S(=O)(=O)c1c(N)cc(Br)cc1Br. The van der Waals surface area contributed by atoms with E-state index in [0.717, 1.165) is 0 Å². The van der Waals surface area contributed by atoms with Gasteiger partial charge < -0.3 is 10.8 Å². The minimum atomic E-state index is -3.71. The summed E-state index contributed by atoms with van der Waals surface area (Å²) in [5, 5.41) is 8.90. The van der Waals surface area contributed by atoms with Gasteiger partial charge in [0, 0.05) is 22.0 Å². The van der Waals surface area contributed by atoms with Gasteiger partial charge in [0.2, 0.25) is 10.0 Å². The maximum absolute atomic E-state index is 12.4. The van der Waals surface area contributed by atoms with Crippen molar-refractivity contribution in [3.63, 3.8) is 0 Å². The molecule has 0 aromatic heterocycles. The summed E-state index contributed by atoms with van der Waals surface area (Å²) in [6.45, 7) is 1.78. The van der Waals surface area contributed by atoms with Crippen molar-refractivity contribution in [1.82, 2.24) is 4.31 Å². The molecule has 8 heteroatoms. The molecule has 1 aromatic carbocycles. The first-order valence-corrected chi connectivity index (χ1v) is 8.22. The van der Waals surface area contributed by atoms with Gasteiger partial charge in [0.15, 0.2) is 0 Å².